The Bertz CT molecular complexity index is 788. The van der Waals surface area contributed by atoms with Crippen LogP contribution < -0.4 is 10.1 Å². The number of carbonyl (C=O) groups is 2. The van der Waals surface area contributed by atoms with Gasteiger partial charge in [0.2, 0.25) is 17.7 Å². The molecule has 0 saturated carbocycles. The van der Waals surface area contributed by atoms with Gasteiger partial charge < -0.3 is 15.0 Å². The number of aromatic nitrogens is 1. The van der Waals surface area contributed by atoms with Gasteiger partial charge in [-0.25, -0.2) is 9.37 Å². The molecule has 0 saturated heterocycles. The van der Waals surface area contributed by atoms with E-state index in [1.165, 1.54) is 24.3 Å². The van der Waals surface area contributed by atoms with Crippen LogP contribution in [0, 0.1) is 5.82 Å². The van der Waals surface area contributed by atoms with Crippen LogP contribution in [0.15, 0.2) is 42.6 Å². The molecule has 162 valence electrons. The van der Waals surface area contributed by atoms with E-state index in [0.717, 1.165) is 31.5 Å². The van der Waals surface area contributed by atoms with Gasteiger partial charge in [0.25, 0.3) is 0 Å². The van der Waals surface area contributed by atoms with Crippen molar-refractivity contribution in [2.45, 2.75) is 52.5 Å². The Balaban J connectivity index is 1.70. The number of hydrogen-bond donors (Lipinski definition) is 1. The largest absolute Gasteiger partial charge is 0.439 e. The van der Waals surface area contributed by atoms with Crippen molar-refractivity contribution < 1.29 is 18.7 Å². The van der Waals surface area contributed by atoms with Gasteiger partial charge in [0.05, 0.1) is 0 Å². The fourth-order valence-corrected chi connectivity index (χ4v) is 2.95. The lowest BCUT2D eigenvalue weighted by atomic mass is 10.2. The second-order valence-corrected chi connectivity index (χ2v) is 7.07. The van der Waals surface area contributed by atoms with Crippen molar-refractivity contribution >= 4 is 11.8 Å². The summed E-state index contributed by atoms with van der Waals surface area (Å²) in [5.74, 6) is 0.583. The quantitative estimate of drug-likeness (QED) is 0.556. The highest BCUT2D eigenvalue weighted by atomic mass is 19.1. The van der Waals surface area contributed by atoms with Crippen LogP contribution in [0.1, 0.15) is 51.5 Å². The average molecular weight is 416 g/mol. The Morgan fingerprint density at radius 3 is 2.33 bits per heavy atom. The molecule has 0 aliphatic heterocycles. The molecule has 1 aromatic carbocycles. The van der Waals surface area contributed by atoms with Gasteiger partial charge >= 0.3 is 0 Å². The standard InChI is InChI=1S/C23H30FN3O3/c1-3-14-27(15-4-2)23(29)7-5-6-21(28)25-16-18-8-13-22(26-17-18)30-20-11-9-19(24)10-12-20/h8-13,17H,3-7,14-16H2,1-2H3,(H,25,28). The smallest absolute Gasteiger partial charge is 0.222 e. The third-order valence-electron chi connectivity index (χ3n) is 4.46. The van der Waals surface area contributed by atoms with Gasteiger partial charge in [-0.3, -0.25) is 9.59 Å². The zero-order valence-corrected chi connectivity index (χ0v) is 17.7. The van der Waals surface area contributed by atoms with Gasteiger partial charge in [0, 0.05) is 44.7 Å². The highest BCUT2D eigenvalue weighted by Gasteiger charge is 2.12. The van der Waals surface area contributed by atoms with Crippen molar-refractivity contribution in [2.75, 3.05) is 13.1 Å². The summed E-state index contributed by atoms with van der Waals surface area (Å²) < 4.78 is 18.5. The number of benzene rings is 1. The normalized spacial score (nSPS) is 10.5. The number of nitrogens with zero attached hydrogens (tertiary/aromatic N) is 2. The van der Waals surface area contributed by atoms with E-state index in [0.29, 0.717) is 37.4 Å². The summed E-state index contributed by atoms with van der Waals surface area (Å²) in [7, 11) is 0. The number of pyridine rings is 1. The highest BCUT2D eigenvalue weighted by Crippen LogP contribution is 2.19. The van der Waals surface area contributed by atoms with Crippen LogP contribution in [-0.2, 0) is 16.1 Å². The number of hydrogen-bond acceptors (Lipinski definition) is 4. The van der Waals surface area contributed by atoms with Crippen molar-refractivity contribution in [3.8, 4) is 11.6 Å². The minimum atomic E-state index is -0.329. The van der Waals surface area contributed by atoms with E-state index >= 15 is 0 Å². The predicted molar refractivity (Wildman–Crippen MR) is 114 cm³/mol. The van der Waals surface area contributed by atoms with Crippen molar-refractivity contribution in [1.29, 1.82) is 0 Å². The molecule has 2 rings (SSSR count). The summed E-state index contributed by atoms with van der Waals surface area (Å²) in [6.07, 6.45) is 4.75. The molecule has 0 spiro atoms. The number of halogens is 1. The van der Waals surface area contributed by atoms with Crippen molar-refractivity contribution in [3.63, 3.8) is 0 Å². The molecule has 0 unspecified atom stereocenters. The Morgan fingerprint density at radius 2 is 1.73 bits per heavy atom. The molecule has 0 atom stereocenters. The first-order valence-electron chi connectivity index (χ1n) is 10.4. The lowest BCUT2D eigenvalue weighted by Gasteiger charge is -2.21. The molecule has 0 radical (unpaired) electrons. The molecule has 2 aromatic rings. The molecule has 6 nitrogen and oxygen atoms in total. The molecular formula is C23H30FN3O3. The monoisotopic (exact) mass is 415 g/mol. The summed E-state index contributed by atoms with van der Waals surface area (Å²) in [5.41, 5.74) is 0.836. The van der Waals surface area contributed by atoms with Crippen LogP contribution in [0.5, 0.6) is 11.6 Å². The number of nitrogens with one attached hydrogen (secondary N) is 1. The second-order valence-electron chi connectivity index (χ2n) is 7.07. The summed E-state index contributed by atoms with van der Waals surface area (Å²) in [4.78, 5) is 30.3. The van der Waals surface area contributed by atoms with E-state index < -0.39 is 0 Å². The maximum atomic E-state index is 12.9. The Hall–Kier alpha value is -2.96. The number of rotatable bonds is 12. The van der Waals surface area contributed by atoms with Crippen LogP contribution in [0.2, 0.25) is 0 Å². The second kappa shape index (κ2) is 12.6. The fraction of sp³-hybridized carbons (Fsp3) is 0.435. The molecule has 1 N–H and O–H groups in total. The van der Waals surface area contributed by atoms with Crippen molar-refractivity contribution in [1.82, 2.24) is 15.2 Å². The first-order valence-corrected chi connectivity index (χ1v) is 10.4. The molecule has 1 heterocycles. The Labute approximate surface area is 177 Å². The molecule has 30 heavy (non-hydrogen) atoms. The molecule has 0 fully saturated rings. The summed E-state index contributed by atoms with van der Waals surface area (Å²) in [6, 6.07) is 9.19. The molecule has 2 amide bonds. The van der Waals surface area contributed by atoms with Crippen LogP contribution >= 0.6 is 0 Å². The van der Waals surface area contributed by atoms with Crippen LogP contribution in [0.3, 0.4) is 0 Å². The summed E-state index contributed by atoms with van der Waals surface area (Å²) >= 11 is 0. The first kappa shape index (κ1) is 23.3. The average Bonchev–Trinajstić information content (AvgIpc) is 2.74. The molecule has 0 aliphatic carbocycles. The maximum Gasteiger partial charge on any atom is 0.222 e. The Kier molecular flexibility index (Phi) is 9.77. The third-order valence-corrected chi connectivity index (χ3v) is 4.46. The molecule has 7 heteroatoms. The minimum absolute atomic E-state index is 0.0908. The van der Waals surface area contributed by atoms with Crippen molar-refractivity contribution in [2.24, 2.45) is 0 Å². The summed E-state index contributed by atoms with van der Waals surface area (Å²) in [5, 5.41) is 2.84. The lowest BCUT2D eigenvalue weighted by Crippen LogP contribution is -2.32. The van der Waals surface area contributed by atoms with Gasteiger partial charge in [0.15, 0.2) is 0 Å². The highest BCUT2D eigenvalue weighted by molar-refractivity contribution is 5.78. The van der Waals surface area contributed by atoms with Gasteiger partial charge in [-0.1, -0.05) is 19.9 Å². The zero-order chi connectivity index (χ0) is 21.8. The molecular weight excluding hydrogens is 385 g/mol. The number of carbonyl (C=O) groups excluding carboxylic acids is 2. The van der Waals surface area contributed by atoms with Crippen LogP contribution in [0.4, 0.5) is 4.39 Å². The topological polar surface area (TPSA) is 71.5 Å². The number of ether oxygens (including phenoxy) is 1. The Morgan fingerprint density at radius 1 is 1.03 bits per heavy atom. The van der Waals surface area contributed by atoms with E-state index in [4.69, 9.17) is 4.74 Å². The lowest BCUT2D eigenvalue weighted by molar-refractivity contribution is -0.131. The SMILES string of the molecule is CCCN(CCC)C(=O)CCCC(=O)NCc1ccc(Oc2ccc(F)cc2)nc1. The van der Waals surface area contributed by atoms with Gasteiger partial charge in [-0.15, -0.1) is 0 Å². The number of amides is 2. The van der Waals surface area contributed by atoms with Gasteiger partial charge in [-0.2, -0.15) is 0 Å². The molecule has 1 aromatic heterocycles. The van der Waals surface area contributed by atoms with Gasteiger partial charge in [-0.05, 0) is 49.1 Å². The van der Waals surface area contributed by atoms with Gasteiger partial charge in [0.1, 0.15) is 11.6 Å². The predicted octanol–water partition coefficient (Wildman–Crippen LogP) is 4.45. The molecule has 0 bridgehead atoms. The molecule has 0 aliphatic rings. The van der Waals surface area contributed by atoms with E-state index in [2.05, 4.69) is 24.1 Å². The first-order chi connectivity index (χ1) is 14.5. The zero-order valence-electron chi connectivity index (χ0n) is 17.7. The van der Waals surface area contributed by atoms with E-state index in [1.54, 1.807) is 12.3 Å². The van der Waals surface area contributed by atoms with E-state index in [9.17, 15) is 14.0 Å². The van der Waals surface area contributed by atoms with E-state index in [-0.39, 0.29) is 17.6 Å². The fourth-order valence-electron chi connectivity index (χ4n) is 2.95. The van der Waals surface area contributed by atoms with Crippen molar-refractivity contribution in [3.05, 3.63) is 54.0 Å². The minimum Gasteiger partial charge on any atom is -0.439 e. The summed E-state index contributed by atoms with van der Waals surface area (Å²) in [6.45, 7) is 6.01. The van der Waals surface area contributed by atoms with E-state index in [1.807, 2.05) is 11.0 Å². The van der Waals surface area contributed by atoms with Crippen LogP contribution in [-0.4, -0.2) is 34.8 Å². The third kappa shape index (κ3) is 8.19. The maximum absolute atomic E-state index is 12.9. The van der Waals surface area contributed by atoms with Crippen LogP contribution in [0.25, 0.3) is 0 Å².